The van der Waals surface area contributed by atoms with Gasteiger partial charge in [0.1, 0.15) is 6.54 Å². The number of halogens is 1. The molecule has 164 valence electrons. The molecule has 0 spiro atoms. The first-order valence-electron chi connectivity index (χ1n) is 9.37. The Kier molecular flexibility index (Phi) is 8.37. The average Bonchev–Trinajstić information content (AvgIpc) is 2.69. The van der Waals surface area contributed by atoms with Crippen LogP contribution < -0.4 is 19.1 Å². The van der Waals surface area contributed by atoms with Gasteiger partial charge in [0.05, 0.1) is 26.2 Å². The summed E-state index contributed by atoms with van der Waals surface area (Å²) >= 11 is 5.95. The van der Waals surface area contributed by atoms with Crippen molar-refractivity contribution >= 4 is 33.2 Å². The predicted molar refractivity (Wildman–Crippen MR) is 119 cm³/mol. The van der Waals surface area contributed by atoms with Gasteiger partial charge < -0.3 is 14.8 Å². The summed E-state index contributed by atoms with van der Waals surface area (Å²) in [5.41, 5.74) is 2.16. The molecule has 9 heteroatoms. The number of hydrogen-bond donors (Lipinski definition) is 1. The van der Waals surface area contributed by atoms with E-state index in [2.05, 4.69) is 5.32 Å². The van der Waals surface area contributed by atoms with Gasteiger partial charge in [-0.15, -0.1) is 0 Å². The third kappa shape index (κ3) is 6.53. The number of methoxy groups -OCH3 is 2. The maximum Gasteiger partial charge on any atom is 0.240 e. The Bertz CT molecular complexity index is 995. The van der Waals surface area contributed by atoms with Crippen LogP contribution in [0.2, 0.25) is 5.02 Å². The number of sulfonamides is 1. The van der Waals surface area contributed by atoms with Crippen LogP contribution in [0.15, 0.2) is 36.4 Å². The van der Waals surface area contributed by atoms with Crippen LogP contribution in [0.25, 0.3) is 0 Å². The van der Waals surface area contributed by atoms with Crippen LogP contribution in [-0.2, 0) is 21.2 Å². The van der Waals surface area contributed by atoms with Crippen molar-refractivity contribution in [3.05, 3.63) is 52.5 Å². The zero-order chi connectivity index (χ0) is 22.3. The number of nitrogens with one attached hydrogen (secondary N) is 1. The van der Waals surface area contributed by atoms with Crippen LogP contribution in [0.3, 0.4) is 0 Å². The fraction of sp³-hybridized carbons (Fsp3) is 0.381. The second-order valence-corrected chi connectivity index (χ2v) is 9.19. The molecule has 0 aliphatic heterocycles. The summed E-state index contributed by atoms with van der Waals surface area (Å²) in [6.07, 6.45) is 2.50. The van der Waals surface area contributed by atoms with Gasteiger partial charge in [0, 0.05) is 11.6 Å². The third-order valence-electron chi connectivity index (χ3n) is 4.53. The normalized spacial score (nSPS) is 11.1. The van der Waals surface area contributed by atoms with E-state index in [1.54, 1.807) is 39.3 Å². The van der Waals surface area contributed by atoms with Crippen LogP contribution in [0.4, 0.5) is 5.69 Å². The number of rotatable bonds is 10. The number of benzene rings is 2. The molecule has 2 aromatic carbocycles. The zero-order valence-corrected chi connectivity index (χ0v) is 19.1. The van der Waals surface area contributed by atoms with Crippen molar-refractivity contribution < 1.29 is 22.7 Å². The van der Waals surface area contributed by atoms with Gasteiger partial charge in [-0.1, -0.05) is 17.7 Å². The first kappa shape index (κ1) is 23.8. The minimum atomic E-state index is -3.63. The molecule has 1 amide bonds. The van der Waals surface area contributed by atoms with Crippen molar-refractivity contribution in [2.75, 3.05) is 37.9 Å². The highest BCUT2D eigenvalue weighted by Crippen LogP contribution is 2.28. The van der Waals surface area contributed by atoms with Crippen molar-refractivity contribution in [3.8, 4) is 11.5 Å². The molecule has 0 aromatic heterocycles. The molecule has 0 saturated carbocycles. The van der Waals surface area contributed by atoms with Crippen molar-refractivity contribution in [2.45, 2.75) is 19.8 Å². The molecule has 0 bridgehead atoms. The SMILES string of the molecule is COc1ccc(CCCNC(=O)CN(c2ccc(Cl)cc2C)S(C)(=O)=O)cc1OC. The smallest absolute Gasteiger partial charge is 0.240 e. The Morgan fingerprint density at radius 2 is 1.80 bits per heavy atom. The highest BCUT2D eigenvalue weighted by Gasteiger charge is 2.22. The summed E-state index contributed by atoms with van der Waals surface area (Å²) in [6, 6.07) is 10.5. The maximum atomic E-state index is 12.4. The molecule has 7 nitrogen and oxygen atoms in total. The van der Waals surface area contributed by atoms with Gasteiger partial charge in [-0.05, 0) is 61.2 Å². The topological polar surface area (TPSA) is 84.9 Å². The van der Waals surface area contributed by atoms with E-state index in [4.69, 9.17) is 21.1 Å². The fourth-order valence-electron chi connectivity index (χ4n) is 3.02. The summed E-state index contributed by atoms with van der Waals surface area (Å²) in [4.78, 5) is 12.4. The number of carbonyl (C=O) groups excluding carboxylic acids is 1. The van der Waals surface area contributed by atoms with Crippen molar-refractivity contribution in [2.24, 2.45) is 0 Å². The lowest BCUT2D eigenvalue weighted by Crippen LogP contribution is -2.41. The highest BCUT2D eigenvalue weighted by molar-refractivity contribution is 7.92. The first-order chi connectivity index (χ1) is 14.2. The standard InChI is InChI=1S/C21H27ClN2O5S/c1-15-12-17(22)8-9-18(15)24(30(4,26)27)14-21(25)23-11-5-6-16-7-10-19(28-2)20(13-16)29-3/h7-10,12-13H,5-6,11,14H2,1-4H3,(H,23,25). The van der Waals surface area contributed by atoms with Gasteiger partial charge in [-0.3, -0.25) is 9.10 Å². The van der Waals surface area contributed by atoms with Crippen molar-refractivity contribution in [1.82, 2.24) is 5.32 Å². The summed E-state index contributed by atoms with van der Waals surface area (Å²) < 4.78 is 36.0. The Balaban J connectivity index is 1.94. The van der Waals surface area contributed by atoms with E-state index in [1.807, 2.05) is 18.2 Å². The number of ether oxygens (including phenoxy) is 2. The van der Waals surface area contributed by atoms with Crippen LogP contribution in [0.1, 0.15) is 17.5 Å². The Morgan fingerprint density at radius 1 is 1.10 bits per heavy atom. The summed E-state index contributed by atoms with van der Waals surface area (Å²) in [6.45, 7) is 1.88. The van der Waals surface area contributed by atoms with Crippen molar-refractivity contribution in [1.29, 1.82) is 0 Å². The fourth-order valence-corrected chi connectivity index (χ4v) is 4.16. The van der Waals surface area contributed by atoms with Gasteiger partial charge in [-0.2, -0.15) is 0 Å². The first-order valence-corrected chi connectivity index (χ1v) is 11.6. The quantitative estimate of drug-likeness (QED) is 0.557. The second-order valence-electron chi connectivity index (χ2n) is 6.84. The molecule has 1 N–H and O–H groups in total. The molecule has 0 fully saturated rings. The van der Waals surface area contributed by atoms with Gasteiger partial charge >= 0.3 is 0 Å². The number of carbonyl (C=O) groups is 1. The molecule has 30 heavy (non-hydrogen) atoms. The molecule has 0 aliphatic rings. The molecular weight excluding hydrogens is 428 g/mol. The van der Waals surface area contributed by atoms with Crippen LogP contribution >= 0.6 is 11.6 Å². The monoisotopic (exact) mass is 454 g/mol. The highest BCUT2D eigenvalue weighted by atomic mass is 35.5. The minimum Gasteiger partial charge on any atom is -0.493 e. The van der Waals surface area contributed by atoms with E-state index >= 15 is 0 Å². The molecule has 0 radical (unpaired) electrons. The largest absolute Gasteiger partial charge is 0.493 e. The lowest BCUT2D eigenvalue weighted by Gasteiger charge is -2.23. The van der Waals surface area contributed by atoms with E-state index in [1.165, 1.54) is 0 Å². The lowest BCUT2D eigenvalue weighted by atomic mass is 10.1. The third-order valence-corrected chi connectivity index (χ3v) is 5.89. The Hall–Kier alpha value is -2.45. The molecule has 2 rings (SSSR count). The molecule has 0 unspecified atom stereocenters. The lowest BCUT2D eigenvalue weighted by molar-refractivity contribution is -0.119. The predicted octanol–water partition coefficient (Wildman–Crippen LogP) is 3.18. The number of anilines is 1. The molecule has 0 aliphatic carbocycles. The minimum absolute atomic E-state index is 0.294. The maximum absolute atomic E-state index is 12.4. The van der Waals surface area contributed by atoms with Crippen LogP contribution in [0.5, 0.6) is 11.5 Å². The summed E-state index contributed by atoms with van der Waals surface area (Å²) in [5, 5.41) is 3.28. The number of amides is 1. The second kappa shape index (κ2) is 10.5. The zero-order valence-electron chi connectivity index (χ0n) is 17.6. The van der Waals surface area contributed by atoms with Gasteiger partial charge in [-0.25, -0.2) is 8.42 Å². The molecule has 0 saturated heterocycles. The van der Waals surface area contributed by atoms with Crippen molar-refractivity contribution in [3.63, 3.8) is 0 Å². The van der Waals surface area contributed by atoms with E-state index < -0.39 is 10.0 Å². The average molecular weight is 455 g/mol. The molecule has 0 heterocycles. The summed E-state index contributed by atoms with van der Waals surface area (Å²) in [5.74, 6) is 0.941. The van der Waals surface area contributed by atoms with Gasteiger partial charge in [0.15, 0.2) is 11.5 Å². The number of nitrogens with zero attached hydrogens (tertiary/aromatic N) is 1. The van der Waals surface area contributed by atoms with E-state index in [0.29, 0.717) is 40.7 Å². The number of aryl methyl sites for hydroxylation is 2. The van der Waals surface area contributed by atoms with Gasteiger partial charge in [0.2, 0.25) is 15.9 Å². The summed E-state index contributed by atoms with van der Waals surface area (Å²) in [7, 11) is -0.470. The van der Waals surface area contributed by atoms with E-state index in [9.17, 15) is 13.2 Å². The van der Waals surface area contributed by atoms with Crippen LogP contribution in [0, 0.1) is 6.92 Å². The number of hydrogen-bond acceptors (Lipinski definition) is 5. The van der Waals surface area contributed by atoms with E-state index in [0.717, 1.165) is 22.5 Å². The van der Waals surface area contributed by atoms with Crippen LogP contribution in [-0.4, -0.2) is 47.9 Å². The van der Waals surface area contributed by atoms with Gasteiger partial charge in [0.25, 0.3) is 0 Å². The Labute approximate surface area is 183 Å². The molecule has 0 atom stereocenters. The molecule has 2 aromatic rings. The van der Waals surface area contributed by atoms with E-state index in [-0.39, 0.29) is 12.5 Å². The Morgan fingerprint density at radius 3 is 2.40 bits per heavy atom. The molecular formula is C21H27ClN2O5S.